The van der Waals surface area contributed by atoms with Gasteiger partial charge in [0.05, 0.1) is 11.4 Å². The van der Waals surface area contributed by atoms with Crippen molar-refractivity contribution >= 4 is 70.1 Å². The van der Waals surface area contributed by atoms with Crippen LogP contribution in [0.3, 0.4) is 0 Å². The van der Waals surface area contributed by atoms with Crippen LogP contribution >= 0.6 is 11.3 Å². The molecule has 1 heterocycles. The third-order valence-electron chi connectivity index (χ3n) is 10.3. The summed E-state index contributed by atoms with van der Waals surface area (Å²) >= 11 is 1.87. The molecule has 10 aromatic rings. The van der Waals surface area contributed by atoms with Gasteiger partial charge in [-0.2, -0.15) is 0 Å². The first-order chi connectivity index (χ1) is 25.8. The Morgan fingerprint density at radius 3 is 1.69 bits per heavy atom. The Hall–Kier alpha value is -6.48. The summed E-state index contributed by atoms with van der Waals surface area (Å²) < 4.78 is 2.64. The second-order valence-electron chi connectivity index (χ2n) is 13.2. The molecule has 0 saturated carbocycles. The van der Waals surface area contributed by atoms with E-state index >= 15 is 0 Å². The largest absolute Gasteiger partial charge is 0.309 e. The summed E-state index contributed by atoms with van der Waals surface area (Å²) in [5, 5.41) is 7.56. The Morgan fingerprint density at radius 2 is 0.846 bits per heavy atom. The number of rotatable bonds is 6. The smallest absolute Gasteiger partial charge is 0.0540 e. The molecule has 0 amide bonds. The van der Waals surface area contributed by atoms with Crippen LogP contribution in [-0.4, -0.2) is 0 Å². The van der Waals surface area contributed by atoms with E-state index in [2.05, 4.69) is 205 Å². The van der Waals surface area contributed by atoms with Gasteiger partial charge in [0.15, 0.2) is 0 Å². The first kappa shape index (κ1) is 30.4. The van der Waals surface area contributed by atoms with Crippen LogP contribution in [0.25, 0.3) is 75.1 Å². The van der Waals surface area contributed by atoms with Gasteiger partial charge in [-0.05, 0) is 80.4 Å². The third-order valence-corrected chi connectivity index (χ3v) is 11.4. The van der Waals surface area contributed by atoms with Crippen LogP contribution in [0, 0.1) is 0 Å². The average molecular weight is 680 g/mol. The molecule has 0 N–H and O–H groups in total. The van der Waals surface area contributed by atoms with Crippen molar-refractivity contribution < 1.29 is 0 Å². The zero-order valence-electron chi connectivity index (χ0n) is 28.4. The Kier molecular flexibility index (Phi) is 7.41. The molecule has 0 unspecified atom stereocenters. The van der Waals surface area contributed by atoms with E-state index in [0.717, 1.165) is 17.1 Å². The Labute approximate surface area is 307 Å². The Bertz CT molecular complexity index is 2890. The molecule has 2 heteroatoms. The van der Waals surface area contributed by atoms with Crippen molar-refractivity contribution in [1.82, 2.24) is 0 Å². The predicted octanol–water partition coefficient (Wildman–Crippen LogP) is 14.8. The molecule has 0 spiro atoms. The van der Waals surface area contributed by atoms with E-state index in [4.69, 9.17) is 0 Å². The fourth-order valence-corrected chi connectivity index (χ4v) is 9.07. The molecular formula is C50H33NS. The Balaban J connectivity index is 1.19. The molecule has 0 atom stereocenters. The lowest BCUT2D eigenvalue weighted by molar-refractivity contribution is 1.30. The molecule has 0 fully saturated rings. The first-order valence-electron chi connectivity index (χ1n) is 17.8. The molecule has 52 heavy (non-hydrogen) atoms. The van der Waals surface area contributed by atoms with Gasteiger partial charge in [0.2, 0.25) is 0 Å². The van der Waals surface area contributed by atoms with Gasteiger partial charge < -0.3 is 4.90 Å². The van der Waals surface area contributed by atoms with Crippen molar-refractivity contribution in [3.05, 3.63) is 200 Å². The average Bonchev–Trinajstić information content (AvgIpc) is 3.61. The lowest BCUT2D eigenvalue weighted by Gasteiger charge is -2.29. The minimum Gasteiger partial charge on any atom is -0.309 e. The van der Waals surface area contributed by atoms with Crippen molar-refractivity contribution in [2.24, 2.45) is 0 Å². The van der Waals surface area contributed by atoms with Crippen LogP contribution in [0.5, 0.6) is 0 Å². The molecule has 10 rings (SSSR count). The minimum absolute atomic E-state index is 1.11. The molecule has 0 aliphatic rings. The van der Waals surface area contributed by atoms with E-state index in [9.17, 15) is 0 Å². The summed E-state index contributed by atoms with van der Waals surface area (Å²) in [7, 11) is 0. The van der Waals surface area contributed by atoms with E-state index in [1.165, 1.54) is 75.1 Å². The predicted molar refractivity (Wildman–Crippen MR) is 225 cm³/mol. The van der Waals surface area contributed by atoms with Gasteiger partial charge in [-0.25, -0.2) is 0 Å². The topological polar surface area (TPSA) is 3.24 Å². The van der Waals surface area contributed by atoms with Gasteiger partial charge in [0.1, 0.15) is 0 Å². The van der Waals surface area contributed by atoms with Gasteiger partial charge >= 0.3 is 0 Å². The summed E-state index contributed by atoms with van der Waals surface area (Å²) in [6.07, 6.45) is 0. The number of benzene rings is 9. The summed E-state index contributed by atoms with van der Waals surface area (Å²) in [6.45, 7) is 0. The number of hydrogen-bond acceptors (Lipinski definition) is 2. The second-order valence-corrected chi connectivity index (χ2v) is 14.3. The van der Waals surface area contributed by atoms with Gasteiger partial charge in [0, 0.05) is 36.8 Å². The van der Waals surface area contributed by atoms with Crippen molar-refractivity contribution in [1.29, 1.82) is 0 Å². The lowest BCUT2D eigenvalue weighted by atomic mass is 9.90. The van der Waals surface area contributed by atoms with Crippen molar-refractivity contribution in [2.75, 3.05) is 4.90 Å². The quantitative estimate of drug-likeness (QED) is 0.169. The summed E-state index contributed by atoms with van der Waals surface area (Å²) in [6, 6.07) is 72.9. The zero-order chi connectivity index (χ0) is 34.4. The van der Waals surface area contributed by atoms with E-state index in [-0.39, 0.29) is 0 Å². The number of para-hydroxylation sites is 1. The van der Waals surface area contributed by atoms with Gasteiger partial charge in [-0.15, -0.1) is 11.3 Å². The summed E-state index contributed by atoms with van der Waals surface area (Å²) in [5.74, 6) is 0. The van der Waals surface area contributed by atoms with Crippen LogP contribution in [0.4, 0.5) is 17.1 Å². The monoisotopic (exact) mass is 679 g/mol. The highest BCUT2D eigenvalue weighted by molar-refractivity contribution is 7.25. The maximum Gasteiger partial charge on any atom is 0.0540 e. The maximum atomic E-state index is 2.45. The minimum atomic E-state index is 1.11. The number of nitrogens with zero attached hydrogens (tertiary/aromatic N) is 1. The van der Waals surface area contributed by atoms with Crippen LogP contribution < -0.4 is 4.90 Å². The standard InChI is InChI=1S/C50H33NS/c1-2-14-35(15-3-1)40-23-10-18-37-19-11-25-43(49(37)40)42-21-6-8-26-46(42)51(45-27-12-17-34-16-4-5-20-39(34)45)38-32-30-36(31-33-38)41-24-13-29-48-50(41)44-22-7-9-28-47(44)52-48/h1-33H. The third kappa shape index (κ3) is 5.07. The molecule has 0 saturated heterocycles. The first-order valence-corrected chi connectivity index (χ1v) is 18.6. The van der Waals surface area contributed by atoms with Gasteiger partial charge in [0.25, 0.3) is 0 Å². The van der Waals surface area contributed by atoms with Crippen molar-refractivity contribution in [2.45, 2.75) is 0 Å². The van der Waals surface area contributed by atoms with E-state index < -0.39 is 0 Å². The normalized spacial score (nSPS) is 11.5. The molecule has 0 aliphatic carbocycles. The lowest BCUT2D eigenvalue weighted by Crippen LogP contribution is -2.11. The molecule has 0 radical (unpaired) electrons. The highest BCUT2D eigenvalue weighted by Crippen LogP contribution is 2.47. The molecule has 9 aromatic carbocycles. The molecule has 244 valence electrons. The van der Waals surface area contributed by atoms with Crippen LogP contribution in [-0.2, 0) is 0 Å². The molecule has 1 nitrogen and oxygen atoms in total. The van der Waals surface area contributed by atoms with Crippen molar-refractivity contribution in [3.63, 3.8) is 0 Å². The summed E-state index contributed by atoms with van der Waals surface area (Å²) in [5.41, 5.74) is 10.7. The van der Waals surface area contributed by atoms with E-state index in [1.807, 2.05) is 11.3 Å². The number of thiophene rings is 1. The van der Waals surface area contributed by atoms with Gasteiger partial charge in [-0.3, -0.25) is 0 Å². The van der Waals surface area contributed by atoms with Crippen molar-refractivity contribution in [3.8, 4) is 33.4 Å². The highest BCUT2D eigenvalue weighted by atomic mass is 32.1. The second kappa shape index (κ2) is 12.7. The Morgan fingerprint density at radius 1 is 0.308 bits per heavy atom. The number of hydrogen-bond donors (Lipinski definition) is 0. The number of anilines is 3. The highest BCUT2D eigenvalue weighted by Gasteiger charge is 2.21. The molecule has 1 aromatic heterocycles. The number of fused-ring (bicyclic) bond motifs is 5. The molecular weight excluding hydrogens is 647 g/mol. The molecule has 0 bridgehead atoms. The fourth-order valence-electron chi connectivity index (χ4n) is 7.94. The zero-order valence-corrected chi connectivity index (χ0v) is 29.2. The van der Waals surface area contributed by atoms with E-state index in [1.54, 1.807) is 0 Å². The fraction of sp³-hybridized carbons (Fsp3) is 0. The SMILES string of the molecule is c1ccc(-c2cccc3cccc(-c4ccccc4N(c4ccc(-c5cccc6sc7ccccc7c56)cc4)c4cccc5ccccc45)c23)cc1. The van der Waals surface area contributed by atoms with Crippen LogP contribution in [0.1, 0.15) is 0 Å². The molecule has 0 aliphatic heterocycles. The summed E-state index contributed by atoms with van der Waals surface area (Å²) in [4.78, 5) is 2.45. The van der Waals surface area contributed by atoms with Crippen LogP contribution in [0.15, 0.2) is 200 Å². The van der Waals surface area contributed by atoms with Gasteiger partial charge in [-0.1, -0.05) is 164 Å². The van der Waals surface area contributed by atoms with E-state index in [0.29, 0.717) is 0 Å². The van der Waals surface area contributed by atoms with Crippen LogP contribution in [0.2, 0.25) is 0 Å². The maximum absolute atomic E-state index is 2.45.